The van der Waals surface area contributed by atoms with Crippen LogP contribution in [0.5, 0.6) is 0 Å². The lowest BCUT2D eigenvalue weighted by molar-refractivity contribution is -0.0373. The normalized spacial score (nSPS) is 23.9. The average Bonchev–Trinajstić information content (AvgIpc) is 3.16. The molecule has 1 aromatic rings. The van der Waals surface area contributed by atoms with Gasteiger partial charge in [-0.1, -0.05) is 0 Å². The predicted molar refractivity (Wildman–Crippen MR) is 83.2 cm³/mol. The summed E-state index contributed by atoms with van der Waals surface area (Å²) in [5, 5.41) is 4.47. The molecule has 2 fully saturated rings. The van der Waals surface area contributed by atoms with Gasteiger partial charge in [-0.25, -0.2) is 0 Å². The van der Waals surface area contributed by atoms with Crippen molar-refractivity contribution in [3.05, 3.63) is 17.5 Å². The molecule has 2 aliphatic rings. The lowest BCUT2D eigenvalue weighted by Crippen LogP contribution is -2.46. The van der Waals surface area contributed by atoms with Crippen LogP contribution in [0.15, 0.2) is 6.20 Å². The lowest BCUT2D eigenvalue weighted by atomic mass is 10.2. The molecule has 1 saturated heterocycles. The van der Waals surface area contributed by atoms with E-state index in [2.05, 4.69) is 35.1 Å². The van der Waals surface area contributed by atoms with E-state index in [9.17, 15) is 0 Å². The molecule has 1 atom stereocenters. The Morgan fingerprint density at radius 3 is 2.76 bits per heavy atom. The maximum Gasteiger partial charge on any atom is 0.0829 e. The third kappa shape index (κ3) is 4.28. The Kier molecular flexibility index (Phi) is 4.62. The molecule has 0 N–H and O–H groups in total. The molecule has 1 aliphatic heterocycles. The molecule has 1 saturated carbocycles. The van der Waals surface area contributed by atoms with Crippen molar-refractivity contribution in [1.29, 1.82) is 0 Å². The first kappa shape index (κ1) is 15.0. The minimum absolute atomic E-state index is 0.347. The van der Waals surface area contributed by atoms with E-state index in [0.717, 1.165) is 44.4 Å². The molecule has 21 heavy (non-hydrogen) atoms. The van der Waals surface area contributed by atoms with E-state index < -0.39 is 0 Å². The van der Waals surface area contributed by atoms with Crippen LogP contribution in [0.2, 0.25) is 0 Å². The second-order valence-corrected chi connectivity index (χ2v) is 6.81. The first-order valence-corrected chi connectivity index (χ1v) is 8.12. The highest BCUT2D eigenvalue weighted by Gasteiger charge is 2.27. The van der Waals surface area contributed by atoms with Crippen LogP contribution in [0, 0.1) is 12.8 Å². The third-order valence-electron chi connectivity index (χ3n) is 4.53. The largest absolute Gasteiger partial charge is 0.374 e. The Morgan fingerprint density at radius 2 is 2.14 bits per heavy atom. The number of ether oxygens (including phenoxy) is 1. The second-order valence-electron chi connectivity index (χ2n) is 6.81. The second kappa shape index (κ2) is 6.46. The van der Waals surface area contributed by atoms with Gasteiger partial charge >= 0.3 is 0 Å². The summed E-state index contributed by atoms with van der Waals surface area (Å²) in [7, 11) is 4.19. The Bertz CT molecular complexity index is 469. The van der Waals surface area contributed by atoms with E-state index in [1.807, 2.05) is 11.7 Å². The van der Waals surface area contributed by atoms with Gasteiger partial charge in [-0.15, -0.1) is 0 Å². The van der Waals surface area contributed by atoms with Crippen molar-refractivity contribution in [1.82, 2.24) is 19.6 Å². The van der Waals surface area contributed by atoms with E-state index in [1.54, 1.807) is 0 Å². The third-order valence-corrected chi connectivity index (χ3v) is 4.53. The molecule has 0 unspecified atom stereocenters. The number of aromatic nitrogens is 2. The van der Waals surface area contributed by atoms with Gasteiger partial charge in [0.1, 0.15) is 0 Å². The molecule has 0 amide bonds. The van der Waals surface area contributed by atoms with Crippen molar-refractivity contribution >= 4 is 0 Å². The van der Waals surface area contributed by atoms with Crippen molar-refractivity contribution in [3.8, 4) is 0 Å². The van der Waals surface area contributed by atoms with E-state index in [-0.39, 0.29) is 0 Å². The first-order chi connectivity index (χ1) is 10.1. The summed E-state index contributed by atoms with van der Waals surface area (Å²) in [6.45, 7) is 8.32. The molecule has 3 rings (SSSR count). The maximum atomic E-state index is 5.95. The van der Waals surface area contributed by atoms with E-state index in [0.29, 0.717) is 6.10 Å². The summed E-state index contributed by atoms with van der Waals surface area (Å²) in [5.41, 5.74) is 2.50. The number of aryl methyl sites for hydroxylation is 2. The van der Waals surface area contributed by atoms with Crippen LogP contribution in [0.25, 0.3) is 0 Å². The van der Waals surface area contributed by atoms with Crippen molar-refractivity contribution in [2.75, 3.05) is 39.8 Å². The average molecular weight is 292 g/mol. The smallest absolute Gasteiger partial charge is 0.0829 e. The highest BCUT2D eigenvalue weighted by molar-refractivity contribution is 5.15. The van der Waals surface area contributed by atoms with Gasteiger partial charge in [-0.05, 0) is 32.7 Å². The van der Waals surface area contributed by atoms with Crippen LogP contribution in [0.3, 0.4) is 0 Å². The van der Waals surface area contributed by atoms with Crippen molar-refractivity contribution in [2.45, 2.75) is 32.4 Å². The zero-order chi connectivity index (χ0) is 14.8. The summed E-state index contributed by atoms with van der Waals surface area (Å²) in [6, 6.07) is 0. The predicted octanol–water partition coefficient (Wildman–Crippen LogP) is 1.27. The molecule has 1 aromatic heterocycles. The summed E-state index contributed by atoms with van der Waals surface area (Å²) < 4.78 is 7.87. The molecule has 5 heteroatoms. The molecular formula is C16H28N4O. The van der Waals surface area contributed by atoms with Gasteiger partial charge in [-0.3, -0.25) is 9.58 Å². The molecule has 1 aliphatic carbocycles. The van der Waals surface area contributed by atoms with E-state index >= 15 is 0 Å². The zero-order valence-corrected chi connectivity index (χ0v) is 13.6. The van der Waals surface area contributed by atoms with Crippen LogP contribution in [-0.2, 0) is 18.3 Å². The van der Waals surface area contributed by atoms with E-state index in [1.165, 1.54) is 24.9 Å². The quantitative estimate of drug-likeness (QED) is 0.791. The monoisotopic (exact) mass is 292 g/mol. The van der Waals surface area contributed by atoms with Gasteiger partial charge in [0.05, 0.1) is 18.4 Å². The Balaban J connectivity index is 1.61. The summed E-state index contributed by atoms with van der Waals surface area (Å²) in [4.78, 5) is 4.95. The van der Waals surface area contributed by atoms with Gasteiger partial charge in [0.15, 0.2) is 0 Å². The highest BCUT2D eigenvalue weighted by Crippen LogP contribution is 2.30. The van der Waals surface area contributed by atoms with Gasteiger partial charge < -0.3 is 9.64 Å². The molecule has 5 nitrogen and oxygen atoms in total. The summed E-state index contributed by atoms with van der Waals surface area (Å²) >= 11 is 0. The molecule has 118 valence electrons. The Morgan fingerprint density at radius 1 is 1.33 bits per heavy atom. The fraction of sp³-hybridized carbons (Fsp3) is 0.812. The topological polar surface area (TPSA) is 33.5 Å². The Hall–Kier alpha value is -0.910. The van der Waals surface area contributed by atoms with Crippen molar-refractivity contribution in [3.63, 3.8) is 0 Å². The zero-order valence-electron chi connectivity index (χ0n) is 13.6. The molecule has 0 radical (unpaired) electrons. The van der Waals surface area contributed by atoms with Crippen LogP contribution >= 0.6 is 0 Å². The highest BCUT2D eigenvalue weighted by atomic mass is 16.5. The number of likely N-dealkylation sites (N-methyl/N-ethyl adjacent to an activating group) is 1. The molecule has 0 spiro atoms. The molecule has 0 bridgehead atoms. The SMILES string of the molecule is Cc1nn(C)cc1CN(CC1CC1)C[C@@H]1CN(C)CCO1. The fourth-order valence-corrected chi connectivity index (χ4v) is 3.18. The van der Waals surface area contributed by atoms with Crippen LogP contribution in [0.1, 0.15) is 24.1 Å². The summed E-state index contributed by atoms with van der Waals surface area (Å²) in [6.07, 6.45) is 5.30. The number of nitrogens with zero attached hydrogens (tertiary/aromatic N) is 4. The van der Waals surface area contributed by atoms with Crippen LogP contribution in [-0.4, -0.2) is 65.5 Å². The minimum atomic E-state index is 0.347. The maximum absolute atomic E-state index is 5.95. The van der Waals surface area contributed by atoms with Gasteiger partial charge in [0, 0.05) is 51.5 Å². The van der Waals surface area contributed by atoms with Crippen molar-refractivity contribution < 1.29 is 4.74 Å². The minimum Gasteiger partial charge on any atom is -0.374 e. The van der Waals surface area contributed by atoms with Crippen LogP contribution < -0.4 is 0 Å². The number of morpholine rings is 1. The van der Waals surface area contributed by atoms with Gasteiger partial charge in [0.25, 0.3) is 0 Å². The first-order valence-electron chi connectivity index (χ1n) is 8.12. The fourth-order valence-electron chi connectivity index (χ4n) is 3.18. The molecular weight excluding hydrogens is 264 g/mol. The van der Waals surface area contributed by atoms with Crippen molar-refractivity contribution in [2.24, 2.45) is 13.0 Å². The number of rotatable bonds is 6. The Labute approximate surface area is 127 Å². The lowest BCUT2D eigenvalue weighted by Gasteiger charge is -2.34. The van der Waals surface area contributed by atoms with Gasteiger partial charge in [-0.2, -0.15) is 5.10 Å². The molecule has 2 heterocycles. The number of hydrogen-bond acceptors (Lipinski definition) is 4. The van der Waals surface area contributed by atoms with E-state index in [4.69, 9.17) is 4.74 Å². The summed E-state index contributed by atoms with van der Waals surface area (Å²) in [5.74, 6) is 0.906. The van der Waals surface area contributed by atoms with Crippen LogP contribution in [0.4, 0.5) is 0 Å². The standard InChI is InChI=1S/C16H28N4O/c1-13-15(9-19(3)17-13)10-20(8-14-4-5-14)12-16-11-18(2)6-7-21-16/h9,14,16H,4-8,10-12H2,1-3H3/t16-/m0/s1. The van der Waals surface area contributed by atoms with Gasteiger partial charge in [0.2, 0.25) is 0 Å². The molecule has 0 aromatic carbocycles. The number of hydrogen-bond donors (Lipinski definition) is 0.